The van der Waals surface area contributed by atoms with E-state index in [2.05, 4.69) is 16.5 Å². The minimum Gasteiger partial charge on any atom is -0.387 e. The van der Waals surface area contributed by atoms with Gasteiger partial charge >= 0.3 is 0 Å². The summed E-state index contributed by atoms with van der Waals surface area (Å²) in [4.78, 5) is 13.2. The van der Waals surface area contributed by atoms with E-state index in [0.29, 0.717) is 12.8 Å². The third-order valence-corrected chi connectivity index (χ3v) is 5.30. The first kappa shape index (κ1) is 18.4. The van der Waals surface area contributed by atoms with Crippen LogP contribution in [0.2, 0.25) is 0 Å². The molecule has 26 heavy (non-hydrogen) atoms. The van der Waals surface area contributed by atoms with Crippen molar-refractivity contribution in [3.63, 3.8) is 0 Å². The molecule has 0 saturated carbocycles. The van der Waals surface area contributed by atoms with Gasteiger partial charge in [-0.1, -0.05) is 35.5 Å². The van der Waals surface area contributed by atoms with Gasteiger partial charge in [0.15, 0.2) is 0 Å². The van der Waals surface area contributed by atoms with Gasteiger partial charge in [-0.15, -0.1) is 11.3 Å². The normalized spacial score (nSPS) is 12.1. The van der Waals surface area contributed by atoms with Gasteiger partial charge in [0.25, 0.3) is 0 Å². The summed E-state index contributed by atoms with van der Waals surface area (Å²) in [6, 6.07) is 11.9. The number of amides is 1. The average molecular weight is 370 g/mol. The number of hydrogen-bond donors (Lipinski definition) is 2. The number of hydrogen-bond acceptors (Lipinski definition) is 5. The summed E-state index contributed by atoms with van der Waals surface area (Å²) in [5.41, 5.74) is 3.71. The van der Waals surface area contributed by atoms with E-state index in [9.17, 15) is 9.90 Å². The molecular formula is C20H22N2O3S. The number of carbonyl (C=O) groups excluding carboxylic acids is 1. The van der Waals surface area contributed by atoms with Gasteiger partial charge in [-0.3, -0.25) is 4.79 Å². The van der Waals surface area contributed by atoms with Crippen molar-refractivity contribution in [3.05, 3.63) is 64.4 Å². The summed E-state index contributed by atoms with van der Waals surface area (Å²) in [6.45, 7) is 3.91. The number of aliphatic hydroxyl groups is 1. The van der Waals surface area contributed by atoms with Crippen molar-refractivity contribution in [1.82, 2.24) is 10.5 Å². The first-order chi connectivity index (χ1) is 12.5. The summed E-state index contributed by atoms with van der Waals surface area (Å²) in [6.07, 6.45) is 0.196. The van der Waals surface area contributed by atoms with Gasteiger partial charge in [-0.2, -0.15) is 0 Å². The molecule has 1 aromatic carbocycles. The molecule has 1 atom stereocenters. The molecule has 0 aliphatic carbocycles. The van der Waals surface area contributed by atoms with Crippen molar-refractivity contribution in [2.75, 3.05) is 6.54 Å². The maximum Gasteiger partial charge on any atom is 0.220 e. The zero-order valence-electron chi connectivity index (χ0n) is 14.9. The molecule has 0 fully saturated rings. The highest BCUT2D eigenvalue weighted by Gasteiger charge is 2.13. The zero-order chi connectivity index (χ0) is 18.5. The van der Waals surface area contributed by atoms with Crippen LogP contribution in [0, 0.1) is 13.8 Å². The highest BCUT2D eigenvalue weighted by molar-refractivity contribution is 7.13. The lowest BCUT2D eigenvalue weighted by atomic mass is 10.1. The molecule has 0 aliphatic rings. The molecule has 2 N–H and O–H groups in total. The molecule has 3 rings (SSSR count). The molecule has 136 valence electrons. The Hall–Kier alpha value is -2.44. The molecule has 0 saturated heterocycles. The first-order valence-corrected chi connectivity index (χ1v) is 9.43. The lowest BCUT2D eigenvalue weighted by molar-refractivity contribution is -0.121. The predicted molar refractivity (Wildman–Crippen MR) is 102 cm³/mol. The van der Waals surface area contributed by atoms with Crippen LogP contribution in [0.3, 0.4) is 0 Å². The van der Waals surface area contributed by atoms with Crippen LogP contribution in [-0.2, 0) is 11.2 Å². The summed E-state index contributed by atoms with van der Waals surface area (Å²) in [5.74, 6) is 0.653. The molecule has 1 amide bonds. The molecule has 6 heteroatoms. The molecular weight excluding hydrogens is 348 g/mol. The molecule has 0 spiro atoms. The Labute approximate surface area is 156 Å². The van der Waals surface area contributed by atoms with E-state index in [4.69, 9.17) is 4.52 Å². The summed E-state index contributed by atoms with van der Waals surface area (Å²) >= 11 is 1.68. The second-order valence-corrected chi connectivity index (χ2v) is 7.17. The number of aliphatic hydroxyl groups excluding tert-OH is 1. The molecule has 0 bridgehead atoms. The maximum atomic E-state index is 12.0. The smallest absolute Gasteiger partial charge is 0.220 e. The number of aryl methyl sites for hydroxylation is 2. The lowest BCUT2D eigenvalue weighted by Gasteiger charge is -2.13. The third-order valence-electron chi connectivity index (χ3n) is 4.38. The highest BCUT2D eigenvalue weighted by Crippen LogP contribution is 2.26. The van der Waals surface area contributed by atoms with Crippen LogP contribution in [0.5, 0.6) is 0 Å². The fourth-order valence-corrected chi connectivity index (χ4v) is 3.56. The highest BCUT2D eigenvalue weighted by atomic mass is 32.1. The van der Waals surface area contributed by atoms with Gasteiger partial charge in [0.05, 0.1) is 11.8 Å². The SMILES string of the molecule is Cc1noc(C)c1CCC(=O)NCC(O)c1ccc(-c2cccs2)cc1. The van der Waals surface area contributed by atoms with Crippen LogP contribution in [0.1, 0.15) is 35.1 Å². The molecule has 0 aliphatic heterocycles. The van der Waals surface area contributed by atoms with E-state index in [0.717, 1.165) is 28.1 Å². The van der Waals surface area contributed by atoms with E-state index in [1.807, 2.05) is 49.6 Å². The monoisotopic (exact) mass is 370 g/mol. The second kappa shape index (κ2) is 8.29. The Morgan fingerprint density at radius 3 is 2.65 bits per heavy atom. The summed E-state index contributed by atoms with van der Waals surface area (Å²) in [5, 5.41) is 19.0. The van der Waals surface area contributed by atoms with Crippen LogP contribution in [0.4, 0.5) is 0 Å². The minimum atomic E-state index is -0.726. The van der Waals surface area contributed by atoms with Crippen molar-refractivity contribution in [3.8, 4) is 10.4 Å². The fraction of sp³-hybridized carbons (Fsp3) is 0.300. The fourth-order valence-electron chi connectivity index (χ4n) is 2.83. The first-order valence-electron chi connectivity index (χ1n) is 8.55. The van der Waals surface area contributed by atoms with Crippen LogP contribution < -0.4 is 5.32 Å². The largest absolute Gasteiger partial charge is 0.387 e. The Bertz CT molecular complexity index is 834. The van der Waals surface area contributed by atoms with E-state index in [1.54, 1.807) is 11.3 Å². The topological polar surface area (TPSA) is 75.4 Å². The van der Waals surface area contributed by atoms with Gasteiger partial charge in [0, 0.05) is 23.4 Å². The minimum absolute atomic E-state index is 0.0979. The van der Waals surface area contributed by atoms with Crippen molar-refractivity contribution in [2.45, 2.75) is 32.8 Å². The number of nitrogens with one attached hydrogen (secondary N) is 1. The standard InChI is InChI=1S/C20H22N2O3S/c1-13-17(14(2)25-22-13)9-10-20(24)21-12-18(23)15-5-7-16(8-6-15)19-4-3-11-26-19/h3-8,11,18,23H,9-10,12H2,1-2H3,(H,21,24). The zero-order valence-corrected chi connectivity index (χ0v) is 15.7. The molecule has 2 heterocycles. The van der Waals surface area contributed by atoms with Crippen LogP contribution in [0.25, 0.3) is 10.4 Å². The number of aromatic nitrogens is 1. The number of carbonyl (C=O) groups is 1. The lowest BCUT2D eigenvalue weighted by Crippen LogP contribution is -2.28. The Morgan fingerprint density at radius 2 is 2.04 bits per heavy atom. The van der Waals surface area contributed by atoms with Crippen molar-refractivity contribution in [2.24, 2.45) is 0 Å². The van der Waals surface area contributed by atoms with E-state index in [1.165, 1.54) is 4.88 Å². The molecule has 3 aromatic rings. The Morgan fingerprint density at radius 1 is 1.27 bits per heavy atom. The molecule has 5 nitrogen and oxygen atoms in total. The van der Waals surface area contributed by atoms with Gasteiger partial charge in [0.2, 0.25) is 5.91 Å². The molecule has 1 unspecified atom stereocenters. The quantitative estimate of drug-likeness (QED) is 0.663. The van der Waals surface area contributed by atoms with E-state index in [-0.39, 0.29) is 12.5 Å². The van der Waals surface area contributed by atoms with Crippen molar-refractivity contribution < 1.29 is 14.4 Å². The second-order valence-electron chi connectivity index (χ2n) is 6.22. The maximum absolute atomic E-state index is 12.0. The van der Waals surface area contributed by atoms with Crippen LogP contribution in [0.15, 0.2) is 46.3 Å². The average Bonchev–Trinajstić information content (AvgIpc) is 3.29. The molecule has 0 radical (unpaired) electrons. The van der Waals surface area contributed by atoms with Crippen LogP contribution >= 0.6 is 11.3 Å². The number of nitrogens with zero attached hydrogens (tertiary/aromatic N) is 1. The number of rotatable bonds is 7. The van der Waals surface area contributed by atoms with Crippen molar-refractivity contribution in [1.29, 1.82) is 0 Å². The summed E-state index contributed by atoms with van der Waals surface area (Å²) < 4.78 is 5.10. The molecule has 2 aromatic heterocycles. The van der Waals surface area contributed by atoms with E-state index >= 15 is 0 Å². The van der Waals surface area contributed by atoms with Crippen molar-refractivity contribution >= 4 is 17.2 Å². The number of thiophene rings is 1. The summed E-state index contributed by atoms with van der Waals surface area (Å²) in [7, 11) is 0. The Balaban J connectivity index is 1.48. The Kier molecular flexibility index (Phi) is 5.85. The van der Waals surface area contributed by atoms with Gasteiger partial charge < -0.3 is 14.9 Å². The predicted octanol–water partition coefficient (Wildman–Crippen LogP) is 3.80. The van der Waals surface area contributed by atoms with Crippen LogP contribution in [-0.4, -0.2) is 22.7 Å². The van der Waals surface area contributed by atoms with Gasteiger partial charge in [-0.25, -0.2) is 0 Å². The van der Waals surface area contributed by atoms with Gasteiger partial charge in [0.1, 0.15) is 5.76 Å². The van der Waals surface area contributed by atoms with E-state index < -0.39 is 6.10 Å². The number of benzene rings is 1. The third kappa shape index (κ3) is 4.39. The van der Waals surface area contributed by atoms with Gasteiger partial charge in [-0.05, 0) is 42.8 Å².